The predicted octanol–water partition coefficient (Wildman–Crippen LogP) is 3.06. The number of nitrogens with one attached hydrogen (secondary N) is 1. The summed E-state index contributed by atoms with van der Waals surface area (Å²) >= 11 is 0. The van der Waals surface area contributed by atoms with E-state index in [1.807, 2.05) is 0 Å². The molecule has 1 aromatic rings. The Morgan fingerprint density at radius 2 is 1.86 bits per heavy atom. The second kappa shape index (κ2) is 5.85. The number of nitrogens with zero attached hydrogens (tertiary/aromatic N) is 1. The van der Waals surface area contributed by atoms with Crippen LogP contribution in [0.1, 0.15) is 31.2 Å². The summed E-state index contributed by atoms with van der Waals surface area (Å²) in [5, 5.41) is 3.49. The Hall–Kier alpha value is -1.26. The molecule has 0 aliphatic carbocycles. The smallest absolute Gasteiger partial charge is 0.126 e. The third-order valence-electron chi connectivity index (χ3n) is 4.61. The molecular formula is C17H22F2N2. The van der Waals surface area contributed by atoms with Crippen LogP contribution >= 0.6 is 0 Å². The van der Waals surface area contributed by atoms with Crippen molar-refractivity contribution < 1.29 is 8.78 Å². The molecule has 2 aliphatic rings. The van der Waals surface area contributed by atoms with Crippen LogP contribution < -0.4 is 5.32 Å². The molecule has 1 N–H and O–H groups in total. The van der Waals surface area contributed by atoms with Gasteiger partial charge in [0.1, 0.15) is 11.6 Å². The second-order valence-corrected chi connectivity index (χ2v) is 6.45. The SMILES string of the molecule is CC1(CN2CCC(c3cc(F)cc(F)c3)CC2)C=CCN1. The molecule has 0 amide bonds. The molecule has 0 spiro atoms. The number of piperidine rings is 1. The van der Waals surface area contributed by atoms with Crippen LogP contribution in [0.2, 0.25) is 0 Å². The first-order valence-electron chi connectivity index (χ1n) is 7.65. The fraction of sp³-hybridized carbons (Fsp3) is 0.529. The van der Waals surface area contributed by atoms with Gasteiger partial charge in [-0.2, -0.15) is 0 Å². The minimum atomic E-state index is -0.472. The summed E-state index contributed by atoms with van der Waals surface area (Å²) in [6.45, 7) is 6.11. The number of hydrogen-bond acceptors (Lipinski definition) is 2. The summed E-state index contributed by atoms with van der Waals surface area (Å²) < 4.78 is 26.6. The van der Waals surface area contributed by atoms with Crippen molar-refractivity contribution in [1.82, 2.24) is 10.2 Å². The van der Waals surface area contributed by atoms with Crippen molar-refractivity contribution in [3.05, 3.63) is 47.5 Å². The van der Waals surface area contributed by atoms with Gasteiger partial charge in [-0.15, -0.1) is 0 Å². The molecular weight excluding hydrogens is 270 g/mol. The maximum Gasteiger partial charge on any atom is 0.126 e. The first-order chi connectivity index (χ1) is 10.0. The van der Waals surface area contributed by atoms with E-state index in [0.29, 0.717) is 0 Å². The minimum Gasteiger partial charge on any atom is -0.304 e. The Balaban J connectivity index is 1.58. The van der Waals surface area contributed by atoms with Crippen molar-refractivity contribution in [1.29, 1.82) is 0 Å². The van der Waals surface area contributed by atoms with Crippen LogP contribution in [0.4, 0.5) is 8.78 Å². The van der Waals surface area contributed by atoms with Gasteiger partial charge in [-0.25, -0.2) is 8.78 Å². The Labute approximate surface area is 124 Å². The van der Waals surface area contributed by atoms with Gasteiger partial charge in [-0.3, -0.25) is 0 Å². The van der Waals surface area contributed by atoms with Crippen LogP contribution in [0.3, 0.4) is 0 Å². The summed E-state index contributed by atoms with van der Waals surface area (Å²) in [5.74, 6) is -0.674. The van der Waals surface area contributed by atoms with Crippen LogP contribution in [-0.2, 0) is 0 Å². The fourth-order valence-electron chi connectivity index (χ4n) is 3.48. The molecule has 0 saturated carbocycles. The van der Waals surface area contributed by atoms with E-state index < -0.39 is 11.6 Å². The molecule has 1 unspecified atom stereocenters. The molecule has 2 heterocycles. The van der Waals surface area contributed by atoms with Crippen LogP contribution in [0.15, 0.2) is 30.4 Å². The largest absolute Gasteiger partial charge is 0.304 e. The molecule has 0 aromatic heterocycles. The van der Waals surface area contributed by atoms with Gasteiger partial charge in [0.25, 0.3) is 0 Å². The molecule has 1 atom stereocenters. The van der Waals surface area contributed by atoms with Gasteiger partial charge >= 0.3 is 0 Å². The molecule has 1 fully saturated rings. The number of hydrogen-bond donors (Lipinski definition) is 1. The molecule has 2 aliphatic heterocycles. The number of benzene rings is 1. The summed E-state index contributed by atoms with van der Waals surface area (Å²) in [6.07, 6.45) is 6.33. The van der Waals surface area contributed by atoms with Gasteiger partial charge in [0, 0.05) is 24.7 Å². The highest BCUT2D eigenvalue weighted by Gasteiger charge is 2.29. The van der Waals surface area contributed by atoms with E-state index in [9.17, 15) is 8.78 Å². The average Bonchev–Trinajstić information content (AvgIpc) is 2.85. The zero-order chi connectivity index (χ0) is 14.9. The van der Waals surface area contributed by atoms with Crippen molar-refractivity contribution >= 4 is 0 Å². The van der Waals surface area contributed by atoms with E-state index in [-0.39, 0.29) is 11.5 Å². The minimum absolute atomic E-state index is 0.0673. The number of likely N-dealkylation sites (tertiary alicyclic amines) is 1. The van der Waals surface area contributed by atoms with E-state index in [4.69, 9.17) is 0 Å². The highest BCUT2D eigenvalue weighted by molar-refractivity contribution is 5.22. The van der Waals surface area contributed by atoms with Crippen molar-refractivity contribution in [2.45, 2.75) is 31.2 Å². The molecule has 2 nitrogen and oxygen atoms in total. The van der Waals surface area contributed by atoms with Crippen molar-refractivity contribution in [2.24, 2.45) is 0 Å². The van der Waals surface area contributed by atoms with Gasteiger partial charge in [0.2, 0.25) is 0 Å². The number of halogens is 2. The van der Waals surface area contributed by atoms with Gasteiger partial charge in [0.05, 0.1) is 0 Å². The highest BCUT2D eigenvalue weighted by atomic mass is 19.1. The van der Waals surface area contributed by atoms with Crippen molar-refractivity contribution in [3.63, 3.8) is 0 Å². The average molecular weight is 292 g/mol. The molecule has 0 bridgehead atoms. The molecule has 4 heteroatoms. The van der Waals surface area contributed by atoms with E-state index in [0.717, 1.165) is 50.7 Å². The van der Waals surface area contributed by atoms with E-state index in [1.165, 1.54) is 12.1 Å². The lowest BCUT2D eigenvalue weighted by Crippen LogP contribution is -2.49. The van der Waals surface area contributed by atoms with Gasteiger partial charge in [-0.05, 0) is 56.5 Å². The maximum absolute atomic E-state index is 13.3. The molecule has 1 aromatic carbocycles. The van der Waals surface area contributed by atoms with Gasteiger partial charge < -0.3 is 10.2 Å². The lowest BCUT2D eigenvalue weighted by molar-refractivity contribution is 0.178. The molecule has 114 valence electrons. The van der Waals surface area contributed by atoms with Crippen molar-refractivity contribution in [2.75, 3.05) is 26.2 Å². The zero-order valence-corrected chi connectivity index (χ0v) is 12.4. The lowest BCUT2D eigenvalue weighted by atomic mass is 9.88. The van der Waals surface area contributed by atoms with Crippen molar-refractivity contribution in [3.8, 4) is 0 Å². The second-order valence-electron chi connectivity index (χ2n) is 6.45. The van der Waals surface area contributed by atoms with Gasteiger partial charge in [-0.1, -0.05) is 12.2 Å². The monoisotopic (exact) mass is 292 g/mol. The normalized spacial score (nSPS) is 27.4. The molecule has 1 saturated heterocycles. The zero-order valence-electron chi connectivity index (χ0n) is 12.4. The lowest BCUT2D eigenvalue weighted by Gasteiger charge is -2.37. The van der Waals surface area contributed by atoms with E-state index in [1.54, 1.807) is 0 Å². The fourth-order valence-corrected chi connectivity index (χ4v) is 3.48. The third-order valence-corrected chi connectivity index (χ3v) is 4.61. The van der Waals surface area contributed by atoms with Crippen LogP contribution in [0.25, 0.3) is 0 Å². The van der Waals surface area contributed by atoms with Crippen LogP contribution in [0.5, 0.6) is 0 Å². The van der Waals surface area contributed by atoms with Crippen LogP contribution in [-0.4, -0.2) is 36.6 Å². The third kappa shape index (κ3) is 3.50. The number of rotatable bonds is 3. The van der Waals surface area contributed by atoms with E-state index in [2.05, 4.69) is 29.3 Å². The molecule has 3 rings (SSSR count). The maximum atomic E-state index is 13.3. The topological polar surface area (TPSA) is 15.3 Å². The Morgan fingerprint density at radius 3 is 2.43 bits per heavy atom. The van der Waals surface area contributed by atoms with Crippen LogP contribution in [0, 0.1) is 11.6 Å². The summed E-state index contributed by atoms with van der Waals surface area (Å²) in [5.41, 5.74) is 0.870. The molecule has 21 heavy (non-hydrogen) atoms. The summed E-state index contributed by atoms with van der Waals surface area (Å²) in [7, 11) is 0. The van der Waals surface area contributed by atoms with Gasteiger partial charge in [0.15, 0.2) is 0 Å². The Kier molecular flexibility index (Phi) is 4.09. The summed E-state index contributed by atoms with van der Waals surface area (Å²) in [4.78, 5) is 2.44. The highest BCUT2D eigenvalue weighted by Crippen LogP contribution is 2.30. The predicted molar refractivity (Wildman–Crippen MR) is 80.3 cm³/mol. The summed E-state index contributed by atoms with van der Waals surface area (Å²) in [6, 6.07) is 3.90. The molecule has 0 radical (unpaired) electrons. The quantitative estimate of drug-likeness (QED) is 0.861. The Morgan fingerprint density at radius 1 is 1.19 bits per heavy atom. The van der Waals surface area contributed by atoms with E-state index >= 15 is 0 Å². The first-order valence-corrected chi connectivity index (χ1v) is 7.65. The first kappa shape index (κ1) is 14.7. The standard InChI is InChI=1S/C17H22F2N2/c1-17(5-2-6-20-17)12-21-7-3-13(4-8-21)14-9-15(18)11-16(19)10-14/h2,5,9-11,13,20H,3-4,6-8,12H2,1H3. The Bertz CT molecular complexity index is 515.